The molecule has 0 saturated heterocycles. The van der Waals surface area contributed by atoms with Crippen molar-refractivity contribution in [2.45, 2.75) is 0 Å². The lowest BCUT2D eigenvalue weighted by Crippen LogP contribution is -2.26. The van der Waals surface area contributed by atoms with Crippen LogP contribution < -0.4 is 4.73 Å². The lowest BCUT2D eigenvalue weighted by Gasteiger charge is -2.02. The molecule has 0 N–H and O–H groups in total. The molecule has 0 amide bonds. The molecular weight excluding hydrogens is 253 g/mol. The minimum absolute atomic E-state index is 0.180. The van der Waals surface area contributed by atoms with E-state index in [0.29, 0.717) is 4.73 Å². The predicted molar refractivity (Wildman–Crippen MR) is 55.6 cm³/mol. The van der Waals surface area contributed by atoms with Gasteiger partial charge in [0.25, 0.3) is 5.15 Å². The third-order valence-corrected chi connectivity index (χ3v) is 2.78. The van der Waals surface area contributed by atoms with Crippen molar-refractivity contribution in [3.8, 4) is 0 Å². The molecule has 2 aromatic rings. The standard InChI is InChI=1S/C9H5BrClNO/c10-8-3-1-2-6-5-12(13)9(11)4-7(6)8/h1-5H. The zero-order valence-electron chi connectivity index (χ0n) is 6.50. The van der Waals surface area contributed by atoms with E-state index in [4.69, 9.17) is 11.6 Å². The van der Waals surface area contributed by atoms with E-state index in [1.54, 1.807) is 6.07 Å². The summed E-state index contributed by atoms with van der Waals surface area (Å²) in [4.78, 5) is 0. The number of aromatic nitrogens is 1. The van der Waals surface area contributed by atoms with Crippen LogP contribution in [0.4, 0.5) is 0 Å². The Balaban J connectivity index is 2.89. The summed E-state index contributed by atoms with van der Waals surface area (Å²) in [7, 11) is 0. The number of hydrogen-bond acceptors (Lipinski definition) is 1. The molecule has 0 fully saturated rings. The molecule has 66 valence electrons. The highest BCUT2D eigenvalue weighted by molar-refractivity contribution is 9.10. The van der Waals surface area contributed by atoms with Gasteiger partial charge < -0.3 is 5.21 Å². The van der Waals surface area contributed by atoms with Crippen LogP contribution in [0.15, 0.2) is 34.9 Å². The highest BCUT2D eigenvalue weighted by Crippen LogP contribution is 2.24. The molecule has 0 unspecified atom stereocenters. The van der Waals surface area contributed by atoms with Gasteiger partial charge in [0, 0.05) is 21.3 Å². The van der Waals surface area contributed by atoms with Gasteiger partial charge in [-0.2, -0.15) is 4.73 Å². The van der Waals surface area contributed by atoms with Gasteiger partial charge in [-0.05, 0) is 23.7 Å². The van der Waals surface area contributed by atoms with Crippen molar-refractivity contribution in [1.82, 2.24) is 0 Å². The number of rotatable bonds is 0. The van der Waals surface area contributed by atoms with Crippen molar-refractivity contribution < 1.29 is 4.73 Å². The maximum atomic E-state index is 11.1. The molecule has 13 heavy (non-hydrogen) atoms. The fourth-order valence-electron chi connectivity index (χ4n) is 1.19. The zero-order valence-corrected chi connectivity index (χ0v) is 8.84. The Morgan fingerprint density at radius 2 is 2.15 bits per heavy atom. The molecule has 4 heteroatoms. The first-order valence-corrected chi connectivity index (χ1v) is 4.82. The number of hydrogen-bond donors (Lipinski definition) is 0. The van der Waals surface area contributed by atoms with Gasteiger partial charge >= 0.3 is 0 Å². The highest BCUT2D eigenvalue weighted by atomic mass is 79.9. The van der Waals surface area contributed by atoms with Crippen LogP contribution in [0.1, 0.15) is 0 Å². The molecule has 0 bridgehead atoms. The fourth-order valence-corrected chi connectivity index (χ4v) is 1.84. The number of halogens is 2. The molecule has 0 aliphatic carbocycles. The van der Waals surface area contributed by atoms with Crippen molar-refractivity contribution in [3.05, 3.63) is 45.3 Å². The molecule has 0 aliphatic heterocycles. The summed E-state index contributed by atoms with van der Waals surface area (Å²) < 4.78 is 1.59. The van der Waals surface area contributed by atoms with Crippen LogP contribution in [0.2, 0.25) is 5.15 Å². The molecule has 0 atom stereocenters. The van der Waals surface area contributed by atoms with E-state index in [9.17, 15) is 5.21 Å². The first kappa shape index (κ1) is 8.78. The smallest absolute Gasteiger partial charge is 0.286 e. The second-order valence-corrected chi connectivity index (χ2v) is 3.91. The first-order chi connectivity index (χ1) is 6.18. The topological polar surface area (TPSA) is 26.9 Å². The fraction of sp³-hybridized carbons (Fsp3) is 0. The van der Waals surface area contributed by atoms with E-state index in [0.717, 1.165) is 15.2 Å². The lowest BCUT2D eigenvalue weighted by atomic mass is 10.2. The van der Waals surface area contributed by atoms with Gasteiger partial charge in [0.15, 0.2) is 6.20 Å². The number of benzene rings is 1. The summed E-state index contributed by atoms with van der Waals surface area (Å²) in [6.07, 6.45) is 1.46. The molecule has 0 radical (unpaired) electrons. The lowest BCUT2D eigenvalue weighted by molar-refractivity contribution is -0.601. The van der Waals surface area contributed by atoms with Crippen molar-refractivity contribution in [2.24, 2.45) is 0 Å². The van der Waals surface area contributed by atoms with E-state index >= 15 is 0 Å². The van der Waals surface area contributed by atoms with Crippen LogP contribution in [0.5, 0.6) is 0 Å². The Morgan fingerprint density at radius 1 is 1.38 bits per heavy atom. The van der Waals surface area contributed by atoms with Crippen LogP contribution in [-0.2, 0) is 0 Å². The Kier molecular flexibility index (Phi) is 2.14. The summed E-state index contributed by atoms with van der Waals surface area (Å²) in [6.45, 7) is 0. The zero-order chi connectivity index (χ0) is 9.42. The van der Waals surface area contributed by atoms with Crippen LogP contribution >= 0.6 is 27.5 Å². The largest absolute Gasteiger partial charge is 0.618 e. The van der Waals surface area contributed by atoms with Crippen molar-refractivity contribution in [2.75, 3.05) is 0 Å². The highest BCUT2D eigenvalue weighted by Gasteiger charge is 2.06. The quantitative estimate of drug-likeness (QED) is 0.405. The van der Waals surface area contributed by atoms with Crippen molar-refractivity contribution >= 4 is 38.3 Å². The normalized spacial score (nSPS) is 10.6. The Labute approximate surface area is 88.5 Å². The van der Waals surface area contributed by atoms with Gasteiger partial charge in [0.05, 0.1) is 0 Å². The average molecular weight is 259 g/mol. The molecule has 1 heterocycles. The minimum Gasteiger partial charge on any atom is -0.618 e. The number of nitrogens with zero attached hydrogens (tertiary/aromatic N) is 1. The summed E-state index contributed by atoms with van der Waals surface area (Å²) in [6, 6.07) is 7.30. The van der Waals surface area contributed by atoms with Crippen molar-refractivity contribution in [3.63, 3.8) is 0 Å². The van der Waals surface area contributed by atoms with Crippen LogP contribution in [0.25, 0.3) is 10.8 Å². The van der Waals surface area contributed by atoms with Crippen LogP contribution in [-0.4, -0.2) is 0 Å². The average Bonchev–Trinajstić information content (AvgIpc) is 2.09. The van der Waals surface area contributed by atoms with Gasteiger partial charge in [-0.15, -0.1) is 0 Å². The second kappa shape index (κ2) is 3.16. The van der Waals surface area contributed by atoms with E-state index in [-0.39, 0.29) is 5.15 Å². The Hall–Kier alpha value is -0.800. The van der Waals surface area contributed by atoms with Crippen molar-refractivity contribution in [1.29, 1.82) is 0 Å². The molecular formula is C9H5BrClNO. The van der Waals surface area contributed by atoms with Gasteiger partial charge in [0.1, 0.15) is 0 Å². The maximum Gasteiger partial charge on any atom is 0.286 e. The summed E-state index contributed by atoms with van der Waals surface area (Å²) in [5.41, 5.74) is 0. The predicted octanol–water partition coefficient (Wildman–Crippen LogP) is 2.89. The van der Waals surface area contributed by atoms with Gasteiger partial charge in [-0.1, -0.05) is 22.0 Å². The SMILES string of the molecule is [O-][n+]1cc2cccc(Br)c2cc1Cl. The summed E-state index contributed by atoms with van der Waals surface area (Å²) >= 11 is 9.07. The molecule has 0 spiro atoms. The Bertz CT molecular complexity index is 472. The monoisotopic (exact) mass is 257 g/mol. The third-order valence-electron chi connectivity index (χ3n) is 1.82. The van der Waals surface area contributed by atoms with E-state index in [1.807, 2.05) is 18.2 Å². The molecule has 2 nitrogen and oxygen atoms in total. The molecule has 2 rings (SSSR count). The van der Waals surface area contributed by atoms with E-state index in [1.165, 1.54) is 6.20 Å². The summed E-state index contributed by atoms with van der Waals surface area (Å²) in [5, 5.41) is 13.1. The van der Waals surface area contributed by atoms with Gasteiger partial charge in [-0.25, -0.2) is 0 Å². The summed E-state index contributed by atoms with van der Waals surface area (Å²) in [5.74, 6) is 0. The molecule has 1 aromatic carbocycles. The second-order valence-electron chi connectivity index (χ2n) is 2.66. The molecule has 0 saturated carbocycles. The van der Waals surface area contributed by atoms with Crippen LogP contribution in [0, 0.1) is 5.21 Å². The van der Waals surface area contributed by atoms with Gasteiger partial charge in [0.2, 0.25) is 0 Å². The Morgan fingerprint density at radius 3 is 2.92 bits per heavy atom. The number of pyridine rings is 1. The van der Waals surface area contributed by atoms with E-state index < -0.39 is 0 Å². The molecule has 0 aliphatic rings. The maximum absolute atomic E-state index is 11.1. The van der Waals surface area contributed by atoms with Gasteiger partial charge in [-0.3, -0.25) is 0 Å². The third kappa shape index (κ3) is 1.49. The first-order valence-electron chi connectivity index (χ1n) is 3.65. The van der Waals surface area contributed by atoms with Crippen LogP contribution in [0.3, 0.4) is 0 Å². The number of fused-ring (bicyclic) bond motifs is 1. The molecule has 1 aromatic heterocycles. The minimum atomic E-state index is 0.180. The van der Waals surface area contributed by atoms with E-state index in [2.05, 4.69) is 15.9 Å².